The second-order valence-electron chi connectivity index (χ2n) is 4.00. The van der Waals surface area contributed by atoms with Gasteiger partial charge < -0.3 is 10.6 Å². The van der Waals surface area contributed by atoms with Gasteiger partial charge in [-0.1, -0.05) is 0 Å². The van der Waals surface area contributed by atoms with Crippen LogP contribution >= 0.6 is 0 Å². The molecular weight excluding hydrogens is 188 g/mol. The fourth-order valence-electron chi connectivity index (χ4n) is 1.78. The molecule has 0 unspecified atom stereocenters. The molecule has 0 radical (unpaired) electrons. The normalized spacial score (nSPS) is 20.6. The average Bonchev–Trinajstić information content (AvgIpc) is 2.30. The summed E-state index contributed by atoms with van der Waals surface area (Å²) in [5.74, 6) is 2.97. The van der Waals surface area contributed by atoms with E-state index in [0.29, 0.717) is 0 Å². The molecule has 0 spiro atoms. The summed E-state index contributed by atoms with van der Waals surface area (Å²) in [5, 5.41) is 6.20. The van der Waals surface area contributed by atoms with Gasteiger partial charge in [-0.05, 0) is 32.2 Å². The lowest BCUT2D eigenvalue weighted by Gasteiger charge is -2.21. The van der Waals surface area contributed by atoms with Crippen LogP contribution in [0.15, 0.2) is 0 Å². The monoisotopic (exact) mass is 208 g/mol. The number of terminal acetylenes is 1. The summed E-state index contributed by atoms with van der Waals surface area (Å²) in [6, 6.07) is 0. The molecule has 84 valence electrons. The summed E-state index contributed by atoms with van der Waals surface area (Å²) in [5.41, 5.74) is 0. The number of carbonyl (C=O) groups excluding carboxylic acids is 1. The van der Waals surface area contributed by atoms with Crippen LogP contribution in [-0.4, -0.2) is 25.5 Å². The topological polar surface area (TPSA) is 41.1 Å². The largest absolute Gasteiger partial charge is 0.356 e. The van der Waals surface area contributed by atoms with E-state index in [-0.39, 0.29) is 11.8 Å². The lowest BCUT2D eigenvalue weighted by atomic mass is 9.99. The zero-order valence-corrected chi connectivity index (χ0v) is 9.22. The fraction of sp³-hybridized carbons (Fsp3) is 0.750. The summed E-state index contributed by atoms with van der Waals surface area (Å²) < 4.78 is 0. The van der Waals surface area contributed by atoms with Crippen LogP contribution in [0.5, 0.6) is 0 Å². The van der Waals surface area contributed by atoms with Gasteiger partial charge in [0.1, 0.15) is 0 Å². The van der Waals surface area contributed by atoms with Gasteiger partial charge in [0.15, 0.2) is 0 Å². The molecule has 1 saturated heterocycles. The Kier molecular flexibility index (Phi) is 5.87. The molecular formula is C12H20N2O. The first-order valence-corrected chi connectivity index (χ1v) is 5.76. The molecule has 1 fully saturated rings. The van der Waals surface area contributed by atoms with Gasteiger partial charge in [0.2, 0.25) is 5.91 Å². The van der Waals surface area contributed by atoms with Crippen molar-refractivity contribution in [2.75, 3.05) is 19.6 Å². The second-order valence-corrected chi connectivity index (χ2v) is 4.00. The van der Waals surface area contributed by atoms with Crippen LogP contribution in [0, 0.1) is 18.3 Å². The molecule has 0 aromatic rings. The van der Waals surface area contributed by atoms with Gasteiger partial charge >= 0.3 is 0 Å². The van der Waals surface area contributed by atoms with E-state index in [1.54, 1.807) is 0 Å². The van der Waals surface area contributed by atoms with Crippen molar-refractivity contribution in [1.82, 2.24) is 10.6 Å². The number of rotatable bonds is 5. The number of hydrogen-bond donors (Lipinski definition) is 2. The summed E-state index contributed by atoms with van der Waals surface area (Å²) >= 11 is 0. The number of unbranched alkanes of at least 4 members (excludes halogenated alkanes) is 2. The zero-order chi connectivity index (χ0) is 10.9. The van der Waals surface area contributed by atoms with Crippen LogP contribution in [-0.2, 0) is 4.79 Å². The molecule has 1 amide bonds. The van der Waals surface area contributed by atoms with Gasteiger partial charge in [-0.25, -0.2) is 0 Å². The molecule has 15 heavy (non-hydrogen) atoms. The van der Waals surface area contributed by atoms with Crippen molar-refractivity contribution in [2.45, 2.75) is 32.1 Å². The number of piperidine rings is 1. The van der Waals surface area contributed by atoms with E-state index in [0.717, 1.165) is 51.7 Å². The van der Waals surface area contributed by atoms with Crippen molar-refractivity contribution >= 4 is 5.91 Å². The maximum atomic E-state index is 11.6. The maximum absolute atomic E-state index is 11.6. The van der Waals surface area contributed by atoms with Gasteiger partial charge in [-0.3, -0.25) is 4.79 Å². The SMILES string of the molecule is C#CCCCCNC(=O)[C@H]1CCCNC1. The number of amides is 1. The summed E-state index contributed by atoms with van der Waals surface area (Å²) in [6.45, 7) is 2.64. The molecule has 1 rings (SSSR count). The molecule has 3 heteroatoms. The molecule has 1 aliphatic rings. The first-order chi connectivity index (χ1) is 7.34. The highest BCUT2D eigenvalue weighted by atomic mass is 16.1. The zero-order valence-electron chi connectivity index (χ0n) is 9.22. The van der Waals surface area contributed by atoms with E-state index in [1.165, 1.54) is 0 Å². The van der Waals surface area contributed by atoms with Gasteiger partial charge in [0.25, 0.3) is 0 Å². The molecule has 1 aliphatic heterocycles. The van der Waals surface area contributed by atoms with Crippen LogP contribution in [0.25, 0.3) is 0 Å². The third-order valence-electron chi connectivity index (χ3n) is 2.71. The predicted octanol–water partition coefficient (Wildman–Crippen LogP) is 0.906. The van der Waals surface area contributed by atoms with Gasteiger partial charge in [-0.2, -0.15) is 0 Å². The Bertz CT molecular complexity index is 226. The lowest BCUT2D eigenvalue weighted by Crippen LogP contribution is -2.40. The summed E-state index contributed by atoms with van der Waals surface area (Å²) in [7, 11) is 0. The minimum atomic E-state index is 0.173. The molecule has 0 aromatic heterocycles. The third-order valence-corrected chi connectivity index (χ3v) is 2.71. The smallest absolute Gasteiger partial charge is 0.224 e. The first-order valence-electron chi connectivity index (χ1n) is 5.76. The van der Waals surface area contributed by atoms with Crippen LogP contribution in [0.1, 0.15) is 32.1 Å². The van der Waals surface area contributed by atoms with Crippen LogP contribution < -0.4 is 10.6 Å². The third kappa shape index (κ3) is 4.85. The quantitative estimate of drug-likeness (QED) is 0.521. The highest BCUT2D eigenvalue weighted by molar-refractivity contribution is 5.78. The maximum Gasteiger partial charge on any atom is 0.224 e. The van der Waals surface area contributed by atoms with Crippen LogP contribution in [0.4, 0.5) is 0 Å². The molecule has 0 aromatic carbocycles. The summed E-state index contributed by atoms with van der Waals surface area (Å²) in [4.78, 5) is 11.6. The number of carbonyl (C=O) groups is 1. The molecule has 1 atom stereocenters. The standard InChI is InChI=1S/C12H20N2O/c1-2-3-4-5-9-14-12(15)11-7-6-8-13-10-11/h1,11,13H,3-10H2,(H,14,15)/t11-/m0/s1. The van der Waals surface area contributed by atoms with Gasteiger partial charge in [0.05, 0.1) is 5.92 Å². The van der Waals surface area contributed by atoms with Crippen molar-refractivity contribution in [2.24, 2.45) is 5.92 Å². The van der Waals surface area contributed by atoms with Gasteiger partial charge in [0, 0.05) is 19.5 Å². The minimum Gasteiger partial charge on any atom is -0.356 e. The highest BCUT2D eigenvalue weighted by Gasteiger charge is 2.19. The molecule has 0 bridgehead atoms. The van der Waals surface area contributed by atoms with E-state index < -0.39 is 0 Å². The highest BCUT2D eigenvalue weighted by Crippen LogP contribution is 2.09. The molecule has 0 saturated carbocycles. The predicted molar refractivity (Wildman–Crippen MR) is 61.3 cm³/mol. The minimum absolute atomic E-state index is 0.173. The van der Waals surface area contributed by atoms with Crippen molar-refractivity contribution in [3.63, 3.8) is 0 Å². The Balaban J connectivity index is 2.05. The molecule has 3 nitrogen and oxygen atoms in total. The van der Waals surface area contributed by atoms with Gasteiger partial charge in [-0.15, -0.1) is 12.3 Å². The number of hydrogen-bond acceptors (Lipinski definition) is 2. The van der Waals surface area contributed by atoms with E-state index in [9.17, 15) is 4.79 Å². The van der Waals surface area contributed by atoms with E-state index in [4.69, 9.17) is 6.42 Å². The Morgan fingerprint density at radius 3 is 3.07 bits per heavy atom. The Morgan fingerprint density at radius 2 is 2.40 bits per heavy atom. The second kappa shape index (κ2) is 7.30. The van der Waals surface area contributed by atoms with E-state index in [2.05, 4.69) is 16.6 Å². The Labute approximate surface area is 92.0 Å². The first kappa shape index (κ1) is 12.1. The fourth-order valence-corrected chi connectivity index (χ4v) is 1.78. The van der Waals surface area contributed by atoms with Crippen molar-refractivity contribution in [3.8, 4) is 12.3 Å². The lowest BCUT2D eigenvalue weighted by molar-refractivity contribution is -0.125. The average molecular weight is 208 g/mol. The van der Waals surface area contributed by atoms with Crippen LogP contribution in [0.2, 0.25) is 0 Å². The van der Waals surface area contributed by atoms with Crippen molar-refractivity contribution in [3.05, 3.63) is 0 Å². The Hall–Kier alpha value is -1.01. The molecule has 1 heterocycles. The van der Waals surface area contributed by atoms with E-state index in [1.807, 2.05) is 0 Å². The Morgan fingerprint density at radius 1 is 1.53 bits per heavy atom. The van der Waals surface area contributed by atoms with Crippen LogP contribution in [0.3, 0.4) is 0 Å². The number of nitrogens with one attached hydrogen (secondary N) is 2. The molecule has 2 N–H and O–H groups in total. The molecule has 0 aliphatic carbocycles. The summed E-state index contributed by atoms with van der Waals surface area (Å²) in [6.07, 6.45) is 10.1. The van der Waals surface area contributed by atoms with Crippen molar-refractivity contribution < 1.29 is 4.79 Å². The van der Waals surface area contributed by atoms with Crippen molar-refractivity contribution in [1.29, 1.82) is 0 Å². The van der Waals surface area contributed by atoms with E-state index >= 15 is 0 Å².